The molecular weight excluding hydrogens is 452 g/mol. The minimum Gasteiger partial charge on any atom is -0.478 e. The Morgan fingerprint density at radius 1 is 0.972 bits per heavy atom. The number of hydrazone groups is 1. The molecule has 190 valence electrons. The molecule has 0 aliphatic heterocycles. The molecule has 0 radical (unpaired) electrons. The number of unbranched alkanes of at least 4 members (excludes halogenated alkanes) is 1. The van der Waals surface area contributed by atoms with Crippen LogP contribution in [0.5, 0.6) is 5.88 Å². The molecule has 0 fully saturated rings. The molecule has 36 heavy (non-hydrogen) atoms. The van der Waals surface area contributed by atoms with E-state index in [0.29, 0.717) is 24.9 Å². The summed E-state index contributed by atoms with van der Waals surface area (Å²) in [7, 11) is 0. The molecule has 1 aromatic heterocycles. The smallest absolute Gasteiger partial charge is 0.327 e. The van der Waals surface area contributed by atoms with Gasteiger partial charge in [-0.1, -0.05) is 74.5 Å². The van der Waals surface area contributed by atoms with Gasteiger partial charge in [0.15, 0.2) is 0 Å². The first-order valence-electron chi connectivity index (χ1n) is 12.4. The highest BCUT2D eigenvalue weighted by atomic mass is 16.5. The number of carbonyl (C=O) groups excluding carboxylic acids is 1. The maximum Gasteiger partial charge on any atom is 0.327 e. The Balaban J connectivity index is 1.57. The van der Waals surface area contributed by atoms with Crippen LogP contribution in [-0.4, -0.2) is 36.5 Å². The summed E-state index contributed by atoms with van der Waals surface area (Å²) in [6.45, 7) is 6.73. The first-order chi connectivity index (χ1) is 17.4. The summed E-state index contributed by atoms with van der Waals surface area (Å²) in [4.78, 5) is 16.2. The fourth-order valence-corrected chi connectivity index (χ4v) is 3.66. The van der Waals surface area contributed by atoms with Crippen LogP contribution in [0, 0.1) is 5.41 Å². The third-order valence-corrected chi connectivity index (χ3v) is 5.85. The number of pyridine rings is 1. The predicted octanol–water partition coefficient (Wildman–Crippen LogP) is 5.42. The fourth-order valence-electron chi connectivity index (χ4n) is 3.66. The standard InChI is InChI=1S/C29H36N4O3/c1-4-35-27(34)21-31-33-28(30)29(2,3)17-11-12-18-36-26-20-24(22-13-7-5-8-14-22)19-25(32-26)23-15-9-6-10-16-23/h5-10,13-16,19-20,31H,4,11-12,17-18,21H2,1-3H3,(H2,30,33). The van der Waals surface area contributed by atoms with Gasteiger partial charge in [0.1, 0.15) is 12.4 Å². The number of benzene rings is 2. The normalized spacial score (nSPS) is 11.7. The SMILES string of the molecule is CCOC(=O)CN/N=C(\N)C(C)(C)CCCCOc1cc(-c2ccccc2)cc(-c2ccccc2)n1. The summed E-state index contributed by atoms with van der Waals surface area (Å²) in [6.07, 6.45) is 2.59. The molecule has 7 nitrogen and oxygen atoms in total. The van der Waals surface area contributed by atoms with Gasteiger partial charge >= 0.3 is 5.97 Å². The Morgan fingerprint density at radius 3 is 2.31 bits per heavy atom. The van der Waals surface area contributed by atoms with Crippen molar-refractivity contribution in [1.82, 2.24) is 10.4 Å². The molecule has 3 aromatic rings. The van der Waals surface area contributed by atoms with E-state index in [-0.39, 0.29) is 17.9 Å². The molecule has 0 aliphatic carbocycles. The van der Waals surface area contributed by atoms with Crippen molar-refractivity contribution >= 4 is 11.8 Å². The Morgan fingerprint density at radius 2 is 1.64 bits per heavy atom. The number of nitrogens with zero attached hydrogens (tertiary/aromatic N) is 2. The fraction of sp³-hybridized carbons (Fsp3) is 0.345. The largest absolute Gasteiger partial charge is 0.478 e. The molecule has 3 N–H and O–H groups in total. The van der Waals surface area contributed by atoms with Crippen LogP contribution in [0.3, 0.4) is 0 Å². The van der Waals surface area contributed by atoms with E-state index in [4.69, 9.17) is 20.2 Å². The zero-order valence-electron chi connectivity index (χ0n) is 21.4. The van der Waals surface area contributed by atoms with Gasteiger partial charge in [-0.25, -0.2) is 4.98 Å². The van der Waals surface area contributed by atoms with Crippen LogP contribution in [-0.2, 0) is 9.53 Å². The first-order valence-corrected chi connectivity index (χ1v) is 12.4. The second kappa shape index (κ2) is 13.3. The second-order valence-corrected chi connectivity index (χ2v) is 9.14. The number of amidine groups is 1. The lowest BCUT2D eigenvalue weighted by Crippen LogP contribution is -2.35. The van der Waals surface area contributed by atoms with Crippen molar-refractivity contribution in [3.63, 3.8) is 0 Å². The van der Waals surface area contributed by atoms with Crippen molar-refractivity contribution < 1.29 is 14.3 Å². The Bertz CT molecular complexity index is 1070. The number of hydrogen-bond donors (Lipinski definition) is 2. The van der Waals surface area contributed by atoms with Gasteiger partial charge in [-0.2, -0.15) is 5.10 Å². The van der Waals surface area contributed by atoms with Crippen molar-refractivity contribution in [1.29, 1.82) is 0 Å². The highest BCUT2D eigenvalue weighted by Crippen LogP contribution is 2.29. The lowest BCUT2D eigenvalue weighted by atomic mass is 9.86. The lowest BCUT2D eigenvalue weighted by molar-refractivity contribution is -0.141. The highest BCUT2D eigenvalue weighted by molar-refractivity contribution is 5.85. The van der Waals surface area contributed by atoms with E-state index in [9.17, 15) is 4.79 Å². The van der Waals surface area contributed by atoms with Gasteiger partial charge < -0.3 is 15.2 Å². The van der Waals surface area contributed by atoms with Crippen LogP contribution in [0.15, 0.2) is 77.9 Å². The van der Waals surface area contributed by atoms with Gasteiger partial charge in [0.25, 0.3) is 0 Å². The third-order valence-electron chi connectivity index (χ3n) is 5.85. The maximum atomic E-state index is 11.4. The van der Waals surface area contributed by atoms with Gasteiger partial charge in [-0.15, -0.1) is 0 Å². The van der Waals surface area contributed by atoms with Crippen molar-refractivity contribution in [2.75, 3.05) is 19.8 Å². The zero-order chi connectivity index (χ0) is 25.8. The number of nitrogens with two attached hydrogens (primary N) is 1. The minimum absolute atomic E-state index is 0.00151. The lowest BCUT2D eigenvalue weighted by Gasteiger charge is -2.23. The Kier molecular flexibility index (Phi) is 9.86. The zero-order valence-corrected chi connectivity index (χ0v) is 21.4. The van der Waals surface area contributed by atoms with Crippen LogP contribution in [0.1, 0.15) is 40.0 Å². The molecule has 0 aliphatic rings. The molecule has 0 saturated heterocycles. The van der Waals surface area contributed by atoms with E-state index in [0.717, 1.165) is 41.6 Å². The van der Waals surface area contributed by atoms with E-state index < -0.39 is 0 Å². The quantitative estimate of drug-likeness (QED) is 0.110. The van der Waals surface area contributed by atoms with Crippen molar-refractivity contribution in [2.24, 2.45) is 16.3 Å². The molecule has 1 heterocycles. The molecule has 3 rings (SSSR count). The van der Waals surface area contributed by atoms with Gasteiger partial charge in [-0.3, -0.25) is 10.2 Å². The third kappa shape index (κ3) is 8.12. The number of carbonyl (C=O) groups is 1. The summed E-state index contributed by atoms with van der Waals surface area (Å²) >= 11 is 0. The maximum absolute atomic E-state index is 11.4. The number of hydrogen-bond acceptors (Lipinski definition) is 6. The van der Waals surface area contributed by atoms with Gasteiger partial charge in [-0.05, 0) is 43.4 Å². The molecule has 0 spiro atoms. The molecule has 0 atom stereocenters. The molecule has 2 aromatic carbocycles. The summed E-state index contributed by atoms with van der Waals surface area (Å²) < 4.78 is 11.0. The predicted molar refractivity (Wildman–Crippen MR) is 144 cm³/mol. The summed E-state index contributed by atoms with van der Waals surface area (Å²) in [5, 5.41) is 4.14. The molecule has 7 heteroatoms. The number of ether oxygens (including phenoxy) is 2. The average Bonchev–Trinajstić information content (AvgIpc) is 2.89. The number of rotatable bonds is 13. The van der Waals surface area contributed by atoms with E-state index in [1.807, 2.05) is 56.3 Å². The minimum atomic E-state index is -0.357. The van der Waals surface area contributed by atoms with Crippen LogP contribution >= 0.6 is 0 Å². The van der Waals surface area contributed by atoms with E-state index in [1.165, 1.54) is 0 Å². The summed E-state index contributed by atoms with van der Waals surface area (Å²) in [5.41, 5.74) is 12.7. The van der Waals surface area contributed by atoms with Crippen LogP contribution in [0.2, 0.25) is 0 Å². The van der Waals surface area contributed by atoms with Crippen molar-refractivity contribution in [3.05, 3.63) is 72.8 Å². The molecule has 0 bridgehead atoms. The number of esters is 1. The van der Waals surface area contributed by atoms with Crippen LogP contribution in [0.25, 0.3) is 22.4 Å². The highest BCUT2D eigenvalue weighted by Gasteiger charge is 2.22. The van der Waals surface area contributed by atoms with Crippen LogP contribution < -0.4 is 15.9 Å². The topological polar surface area (TPSA) is 98.8 Å². The van der Waals surface area contributed by atoms with Crippen molar-refractivity contribution in [3.8, 4) is 28.3 Å². The summed E-state index contributed by atoms with van der Waals surface area (Å²) in [5.74, 6) is 0.709. The van der Waals surface area contributed by atoms with E-state index in [1.54, 1.807) is 6.92 Å². The molecule has 0 saturated carbocycles. The number of aromatic nitrogens is 1. The molecule has 0 amide bonds. The monoisotopic (exact) mass is 488 g/mol. The summed E-state index contributed by atoms with van der Waals surface area (Å²) in [6, 6.07) is 24.5. The van der Waals surface area contributed by atoms with Crippen molar-refractivity contribution in [2.45, 2.75) is 40.0 Å². The Hall–Kier alpha value is -3.87. The van der Waals surface area contributed by atoms with E-state index in [2.05, 4.69) is 40.9 Å². The van der Waals surface area contributed by atoms with Gasteiger partial charge in [0, 0.05) is 17.0 Å². The second-order valence-electron chi connectivity index (χ2n) is 9.14. The molecule has 0 unspecified atom stereocenters. The van der Waals surface area contributed by atoms with E-state index >= 15 is 0 Å². The molecular formula is C29H36N4O3. The average molecular weight is 489 g/mol. The number of nitrogens with one attached hydrogen (secondary N) is 1. The van der Waals surface area contributed by atoms with Gasteiger partial charge in [0.2, 0.25) is 5.88 Å². The first kappa shape index (κ1) is 26.7. The van der Waals surface area contributed by atoms with Gasteiger partial charge in [0.05, 0.1) is 18.9 Å². The van der Waals surface area contributed by atoms with Crippen LogP contribution in [0.4, 0.5) is 0 Å². The Labute approximate surface area is 213 Å².